The Morgan fingerprint density at radius 1 is 1.16 bits per heavy atom. The highest BCUT2D eigenvalue weighted by molar-refractivity contribution is 5.64. The van der Waals surface area contributed by atoms with Crippen LogP contribution in [0.25, 0.3) is 11.1 Å². The second-order valence-electron chi connectivity index (χ2n) is 4.60. The maximum atomic E-state index is 12.5. The van der Waals surface area contributed by atoms with Gasteiger partial charge in [-0.1, -0.05) is 12.1 Å². The number of anilines is 1. The van der Waals surface area contributed by atoms with E-state index in [1.807, 2.05) is 41.0 Å². The fraction of sp³-hybridized carbons (Fsp3) is 0.267. The molecule has 1 aromatic heterocycles. The number of aromatic nitrogens is 1. The molecule has 1 N–H and O–H groups in total. The molecule has 98 valence electrons. The molecule has 0 saturated carbocycles. The van der Waals surface area contributed by atoms with Crippen LogP contribution in [0.2, 0.25) is 0 Å². The van der Waals surface area contributed by atoms with Crippen molar-refractivity contribution in [3.05, 3.63) is 46.8 Å². The van der Waals surface area contributed by atoms with Crippen molar-refractivity contribution in [3.63, 3.8) is 0 Å². The number of fused-ring (bicyclic) bond motifs is 1. The third-order valence-electron chi connectivity index (χ3n) is 3.44. The lowest BCUT2D eigenvalue weighted by Gasteiger charge is -2.20. The largest absolute Gasteiger partial charge is 0.497 e. The SMILES string of the molecule is COc1ccc(-c2ccc3n(c2=O)CCCN3)cc1. The molecule has 2 aromatic rings. The number of pyridine rings is 1. The van der Waals surface area contributed by atoms with E-state index >= 15 is 0 Å². The summed E-state index contributed by atoms with van der Waals surface area (Å²) < 4.78 is 6.94. The molecule has 4 heteroatoms. The molecule has 0 unspecified atom stereocenters. The van der Waals surface area contributed by atoms with Gasteiger partial charge in [-0.25, -0.2) is 0 Å². The minimum absolute atomic E-state index is 0.0647. The summed E-state index contributed by atoms with van der Waals surface area (Å²) in [6, 6.07) is 11.4. The number of hydrogen-bond donors (Lipinski definition) is 1. The van der Waals surface area contributed by atoms with Crippen LogP contribution >= 0.6 is 0 Å². The van der Waals surface area contributed by atoms with Crippen LogP contribution in [-0.4, -0.2) is 18.2 Å². The van der Waals surface area contributed by atoms with Gasteiger partial charge in [0.15, 0.2) is 0 Å². The molecule has 0 fully saturated rings. The fourth-order valence-corrected chi connectivity index (χ4v) is 2.40. The van der Waals surface area contributed by atoms with Crippen molar-refractivity contribution in [2.45, 2.75) is 13.0 Å². The smallest absolute Gasteiger partial charge is 0.259 e. The molecule has 19 heavy (non-hydrogen) atoms. The van der Waals surface area contributed by atoms with Crippen LogP contribution in [0.5, 0.6) is 5.75 Å². The van der Waals surface area contributed by atoms with Gasteiger partial charge in [0.25, 0.3) is 5.56 Å². The van der Waals surface area contributed by atoms with Gasteiger partial charge in [0.05, 0.1) is 7.11 Å². The summed E-state index contributed by atoms with van der Waals surface area (Å²) in [6.45, 7) is 1.71. The molecule has 4 nitrogen and oxygen atoms in total. The van der Waals surface area contributed by atoms with Crippen LogP contribution in [0.15, 0.2) is 41.2 Å². The lowest BCUT2D eigenvalue weighted by atomic mass is 10.1. The average molecular weight is 256 g/mol. The van der Waals surface area contributed by atoms with Crippen LogP contribution in [0.1, 0.15) is 6.42 Å². The standard InChI is InChI=1S/C15H16N2O2/c1-19-12-5-3-11(4-6-12)13-7-8-14-16-9-2-10-17(14)15(13)18/h3-8,16H,2,9-10H2,1H3. The van der Waals surface area contributed by atoms with Crippen molar-refractivity contribution in [2.75, 3.05) is 19.0 Å². The third-order valence-corrected chi connectivity index (χ3v) is 3.44. The van der Waals surface area contributed by atoms with Gasteiger partial charge in [0.2, 0.25) is 0 Å². The first-order valence-corrected chi connectivity index (χ1v) is 6.42. The Balaban J connectivity index is 2.07. The molecular weight excluding hydrogens is 240 g/mol. The first-order valence-electron chi connectivity index (χ1n) is 6.42. The molecule has 0 aliphatic carbocycles. The summed E-state index contributed by atoms with van der Waals surface area (Å²) in [5, 5.41) is 3.24. The summed E-state index contributed by atoms with van der Waals surface area (Å²) in [5.74, 6) is 1.71. The topological polar surface area (TPSA) is 43.3 Å². The lowest BCUT2D eigenvalue weighted by molar-refractivity contribution is 0.415. The maximum Gasteiger partial charge on any atom is 0.259 e. The highest BCUT2D eigenvalue weighted by Gasteiger charge is 2.13. The van der Waals surface area contributed by atoms with Gasteiger partial charge in [0, 0.05) is 18.7 Å². The highest BCUT2D eigenvalue weighted by atomic mass is 16.5. The van der Waals surface area contributed by atoms with Crippen molar-refractivity contribution in [1.82, 2.24) is 4.57 Å². The molecule has 1 aliphatic rings. The molecule has 0 amide bonds. The number of nitrogens with zero attached hydrogens (tertiary/aromatic N) is 1. The minimum Gasteiger partial charge on any atom is -0.497 e. The molecule has 0 atom stereocenters. The van der Waals surface area contributed by atoms with Gasteiger partial charge in [-0.05, 0) is 36.2 Å². The van der Waals surface area contributed by atoms with Crippen molar-refractivity contribution in [2.24, 2.45) is 0 Å². The van der Waals surface area contributed by atoms with E-state index in [-0.39, 0.29) is 5.56 Å². The van der Waals surface area contributed by atoms with Crippen LogP contribution in [-0.2, 0) is 6.54 Å². The highest BCUT2D eigenvalue weighted by Crippen LogP contribution is 2.21. The Kier molecular flexibility index (Phi) is 2.99. The zero-order valence-corrected chi connectivity index (χ0v) is 10.8. The van der Waals surface area contributed by atoms with E-state index in [4.69, 9.17) is 4.74 Å². The number of rotatable bonds is 2. The van der Waals surface area contributed by atoms with Crippen molar-refractivity contribution in [1.29, 1.82) is 0 Å². The Morgan fingerprint density at radius 2 is 1.95 bits per heavy atom. The molecular formula is C15H16N2O2. The number of methoxy groups -OCH3 is 1. The second-order valence-corrected chi connectivity index (χ2v) is 4.60. The van der Waals surface area contributed by atoms with E-state index in [1.165, 1.54) is 0 Å². The zero-order chi connectivity index (χ0) is 13.2. The van der Waals surface area contributed by atoms with Gasteiger partial charge < -0.3 is 10.1 Å². The summed E-state index contributed by atoms with van der Waals surface area (Å²) in [7, 11) is 1.63. The van der Waals surface area contributed by atoms with Crippen LogP contribution in [0.3, 0.4) is 0 Å². The lowest BCUT2D eigenvalue weighted by Crippen LogP contribution is -2.29. The van der Waals surface area contributed by atoms with E-state index in [1.54, 1.807) is 7.11 Å². The van der Waals surface area contributed by atoms with Gasteiger partial charge >= 0.3 is 0 Å². The predicted octanol–water partition coefficient (Wildman–Crippen LogP) is 2.34. The maximum absolute atomic E-state index is 12.5. The molecule has 3 rings (SSSR count). The van der Waals surface area contributed by atoms with Crippen molar-refractivity contribution < 1.29 is 4.74 Å². The number of nitrogens with one attached hydrogen (secondary N) is 1. The zero-order valence-electron chi connectivity index (χ0n) is 10.8. The molecule has 0 bridgehead atoms. The van der Waals surface area contributed by atoms with E-state index < -0.39 is 0 Å². The normalized spacial score (nSPS) is 13.5. The summed E-state index contributed by atoms with van der Waals surface area (Å²) in [6.07, 6.45) is 0.985. The number of hydrogen-bond acceptors (Lipinski definition) is 3. The van der Waals surface area contributed by atoms with E-state index in [0.717, 1.165) is 42.2 Å². The monoisotopic (exact) mass is 256 g/mol. The molecule has 1 aliphatic heterocycles. The Labute approximate surface area is 111 Å². The number of ether oxygens (including phenoxy) is 1. The minimum atomic E-state index is 0.0647. The van der Waals surface area contributed by atoms with E-state index in [9.17, 15) is 4.79 Å². The predicted molar refractivity (Wildman–Crippen MR) is 75.8 cm³/mol. The van der Waals surface area contributed by atoms with Crippen molar-refractivity contribution in [3.8, 4) is 16.9 Å². The van der Waals surface area contributed by atoms with Crippen molar-refractivity contribution >= 4 is 5.82 Å². The second kappa shape index (κ2) is 4.80. The fourth-order valence-electron chi connectivity index (χ4n) is 2.40. The van der Waals surface area contributed by atoms with Gasteiger partial charge in [-0.2, -0.15) is 0 Å². The third kappa shape index (κ3) is 2.10. The molecule has 2 heterocycles. The molecule has 0 spiro atoms. The van der Waals surface area contributed by atoms with Crippen LogP contribution in [0.4, 0.5) is 5.82 Å². The Bertz CT molecular complexity index is 644. The van der Waals surface area contributed by atoms with Gasteiger partial charge in [-0.3, -0.25) is 9.36 Å². The summed E-state index contributed by atoms with van der Waals surface area (Å²) in [5.41, 5.74) is 1.72. The first-order chi connectivity index (χ1) is 9.29. The Hall–Kier alpha value is -2.23. The molecule has 0 saturated heterocycles. The average Bonchev–Trinajstić information content (AvgIpc) is 2.48. The summed E-state index contributed by atoms with van der Waals surface area (Å²) >= 11 is 0. The van der Waals surface area contributed by atoms with E-state index in [0.29, 0.717) is 0 Å². The van der Waals surface area contributed by atoms with Crippen LogP contribution in [0, 0.1) is 0 Å². The van der Waals surface area contributed by atoms with Gasteiger partial charge in [-0.15, -0.1) is 0 Å². The van der Waals surface area contributed by atoms with E-state index in [2.05, 4.69) is 5.32 Å². The first kappa shape index (κ1) is 11.8. The quantitative estimate of drug-likeness (QED) is 0.897. The molecule has 0 radical (unpaired) electrons. The van der Waals surface area contributed by atoms with Crippen LogP contribution < -0.4 is 15.6 Å². The number of benzene rings is 1. The molecule has 1 aromatic carbocycles. The summed E-state index contributed by atoms with van der Waals surface area (Å²) in [4.78, 5) is 12.5. The van der Waals surface area contributed by atoms with Gasteiger partial charge in [0.1, 0.15) is 11.6 Å². The Morgan fingerprint density at radius 3 is 2.68 bits per heavy atom.